The molecule has 5 nitrogen and oxygen atoms in total. The van der Waals surface area contributed by atoms with Crippen molar-refractivity contribution >= 4 is 17.3 Å². The van der Waals surface area contributed by atoms with Crippen molar-refractivity contribution in [3.05, 3.63) is 59.2 Å². The van der Waals surface area contributed by atoms with Gasteiger partial charge in [-0.2, -0.15) is 18.4 Å². The van der Waals surface area contributed by atoms with Crippen molar-refractivity contribution < 1.29 is 18.0 Å². The molecule has 1 amide bonds. The lowest BCUT2D eigenvalue weighted by Gasteiger charge is -2.43. The van der Waals surface area contributed by atoms with Crippen LogP contribution < -0.4 is 15.1 Å². The SMILES string of the molecule is CC1CCC[N+]1(c1ccc(NC(=O)c2ccc(C#N)cc2)c(C(F)(F)F)c1)C1CCNC1. The first-order chi connectivity index (χ1) is 15.3. The Labute approximate surface area is 185 Å². The number of nitrogens with zero attached hydrogens (tertiary/aromatic N) is 2. The highest BCUT2D eigenvalue weighted by atomic mass is 19.4. The number of alkyl halides is 3. The van der Waals surface area contributed by atoms with Crippen molar-refractivity contribution in [1.29, 1.82) is 5.26 Å². The van der Waals surface area contributed by atoms with Crippen molar-refractivity contribution in [2.75, 3.05) is 25.0 Å². The van der Waals surface area contributed by atoms with E-state index in [1.807, 2.05) is 6.07 Å². The van der Waals surface area contributed by atoms with Gasteiger partial charge < -0.3 is 10.6 Å². The average molecular weight is 443 g/mol. The zero-order chi connectivity index (χ0) is 22.9. The smallest absolute Gasteiger partial charge is 0.321 e. The Kier molecular flexibility index (Phi) is 5.97. The topological polar surface area (TPSA) is 64.9 Å². The number of hydrogen-bond acceptors (Lipinski definition) is 3. The largest absolute Gasteiger partial charge is 0.418 e. The van der Waals surface area contributed by atoms with Crippen molar-refractivity contribution in [3.63, 3.8) is 0 Å². The van der Waals surface area contributed by atoms with Gasteiger partial charge in [-0.1, -0.05) is 0 Å². The molecule has 2 saturated heterocycles. The fraction of sp³-hybridized carbons (Fsp3) is 0.417. The maximum atomic E-state index is 14.1. The van der Waals surface area contributed by atoms with Gasteiger partial charge in [-0.05, 0) is 37.3 Å². The summed E-state index contributed by atoms with van der Waals surface area (Å²) in [5.41, 5.74) is 0.129. The third kappa shape index (κ3) is 3.98. The fourth-order valence-corrected chi connectivity index (χ4v) is 5.29. The van der Waals surface area contributed by atoms with E-state index in [2.05, 4.69) is 17.6 Å². The number of carbonyl (C=O) groups excluding carboxylic acids is 1. The van der Waals surface area contributed by atoms with Gasteiger partial charge in [-0.3, -0.25) is 9.28 Å². The highest BCUT2D eigenvalue weighted by Gasteiger charge is 2.49. The van der Waals surface area contributed by atoms with Crippen LogP contribution in [0.3, 0.4) is 0 Å². The molecule has 2 aromatic carbocycles. The Bertz CT molecular complexity index is 1040. The van der Waals surface area contributed by atoms with Crippen LogP contribution in [-0.4, -0.2) is 37.6 Å². The first-order valence-electron chi connectivity index (χ1n) is 10.9. The molecule has 0 radical (unpaired) electrons. The van der Waals surface area contributed by atoms with Gasteiger partial charge in [0.2, 0.25) is 0 Å². The predicted molar refractivity (Wildman–Crippen MR) is 117 cm³/mol. The Morgan fingerprint density at radius 1 is 1.19 bits per heavy atom. The van der Waals surface area contributed by atoms with Crippen LogP contribution in [0.1, 0.15) is 47.7 Å². The summed E-state index contributed by atoms with van der Waals surface area (Å²) >= 11 is 0. The van der Waals surface area contributed by atoms with E-state index in [9.17, 15) is 18.0 Å². The van der Waals surface area contributed by atoms with Gasteiger partial charge in [0, 0.05) is 50.0 Å². The van der Waals surface area contributed by atoms with Crippen molar-refractivity contribution in [2.24, 2.45) is 0 Å². The first-order valence-corrected chi connectivity index (χ1v) is 10.9. The quantitative estimate of drug-likeness (QED) is 0.675. The van der Waals surface area contributed by atoms with Crippen LogP contribution in [0.4, 0.5) is 24.5 Å². The molecule has 3 unspecified atom stereocenters. The van der Waals surface area contributed by atoms with E-state index >= 15 is 0 Å². The first kappa shape index (κ1) is 22.3. The molecule has 0 saturated carbocycles. The molecule has 168 valence electrons. The minimum Gasteiger partial charge on any atom is -0.321 e. The van der Waals surface area contributed by atoms with Crippen LogP contribution in [0.5, 0.6) is 0 Å². The van der Waals surface area contributed by atoms with Gasteiger partial charge in [0.15, 0.2) is 0 Å². The molecule has 2 N–H and O–H groups in total. The Morgan fingerprint density at radius 2 is 1.94 bits per heavy atom. The number of carbonyl (C=O) groups is 1. The second kappa shape index (κ2) is 8.57. The molecule has 0 aliphatic carbocycles. The third-order valence-corrected chi connectivity index (χ3v) is 6.94. The number of hydrogen-bond donors (Lipinski definition) is 2. The van der Waals surface area contributed by atoms with Crippen LogP contribution in [0, 0.1) is 11.3 Å². The third-order valence-electron chi connectivity index (χ3n) is 6.94. The number of rotatable bonds is 4. The van der Waals surface area contributed by atoms with E-state index in [-0.39, 0.29) is 23.3 Å². The average Bonchev–Trinajstić information content (AvgIpc) is 3.44. The van der Waals surface area contributed by atoms with Gasteiger partial charge in [0.1, 0.15) is 11.7 Å². The highest BCUT2D eigenvalue weighted by molar-refractivity contribution is 6.04. The number of anilines is 1. The minimum absolute atomic E-state index is 0.190. The van der Waals surface area contributed by atoms with E-state index in [1.54, 1.807) is 6.07 Å². The predicted octanol–water partition coefficient (Wildman–Crippen LogP) is 4.68. The molecule has 3 atom stereocenters. The molecule has 2 aliphatic rings. The fourth-order valence-electron chi connectivity index (χ4n) is 5.29. The van der Waals surface area contributed by atoms with Crippen molar-refractivity contribution in [1.82, 2.24) is 9.80 Å². The van der Waals surface area contributed by atoms with E-state index in [0.717, 1.165) is 38.9 Å². The summed E-state index contributed by atoms with van der Waals surface area (Å²) in [5.74, 6) is -0.647. The Balaban J connectivity index is 1.70. The normalized spacial score (nSPS) is 25.5. The number of nitrogens with one attached hydrogen (secondary N) is 2. The van der Waals surface area contributed by atoms with Crippen molar-refractivity contribution in [2.45, 2.75) is 44.4 Å². The zero-order valence-electron chi connectivity index (χ0n) is 17.9. The molecule has 4 rings (SSSR count). The zero-order valence-corrected chi connectivity index (χ0v) is 17.9. The van der Waals surface area contributed by atoms with E-state index in [1.165, 1.54) is 36.4 Å². The molecule has 32 heavy (non-hydrogen) atoms. The van der Waals surface area contributed by atoms with E-state index < -0.39 is 17.6 Å². The minimum atomic E-state index is -4.61. The molecule has 0 bridgehead atoms. The summed E-state index contributed by atoms with van der Waals surface area (Å²) in [6, 6.07) is 12.5. The maximum absolute atomic E-state index is 14.1. The highest BCUT2D eigenvalue weighted by Crippen LogP contribution is 2.44. The number of halogens is 3. The molecule has 2 aliphatic heterocycles. The molecular formula is C24H26F3N4O+. The lowest BCUT2D eigenvalue weighted by molar-refractivity contribution is -0.137. The summed E-state index contributed by atoms with van der Waals surface area (Å²) in [7, 11) is 0. The maximum Gasteiger partial charge on any atom is 0.418 e. The van der Waals surface area contributed by atoms with Crippen molar-refractivity contribution in [3.8, 4) is 6.07 Å². The molecule has 2 heterocycles. The number of quaternary nitrogens is 1. The summed E-state index contributed by atoms with van der Waals surface area (Å²) in [4.78, 5) is 12.6. The Morgan fingerprint density at radius 3 is 2.50 bits per heavy atom. The van der Waals surface area contributed by atoms with Gasteiger partial charge in [0.05, 0.1) is 35.5 Å². The molecule has 0 aromatic heterocycles. The van der Waals surface area contributed by atoms with E-state index in [4.69, 9.17) is 5.26 Å². The van der Waals surface area contributed by atoms with Gasteiger partial charge >= 0.3 is 6.18 Å². The van der Waals surface area contributed by atoms with Crippen LogP contribution in [0.15, 0.2) is 42.5 Å². The number of likely N-dealkylation sites (tertiary alicyclic amines) is 1. The van der Waals surface area contributed by atoms with Crippen LogP contribution in [0.2, 0.25) is 0 Å². The molecule has 2 fully saturated rings. The van der Waals surface area contributed by atoms with Crippen LogP contribution >= 0.6 is 0 Å². The second-order valence-corrected chi connectivity index (χ2v) is 8.66. The molecule has 2 aromatic rings. The number of nitriles is 1. The van der Waals surface area contributed by atoms with Crippen LogP contribution in [0.25, 0.3) is 0 Å². The number of benzene rings is 2. The second-order valence-electron chi connectivity index (χ2n) is 8.66. The summed E-state index contributed by atoms with van der Waals surface area (Å²) in [6.45, 7) is 4.62. The summed E-state index contributed by atoms with van der Waals surface area (Å²) in [6.07, 6.45) is -1.71. The summed E-state index contributed by atoms with van der Waals surface area (Å²) < 4.78 is 42.7. The lowest BCUT2D eigenvalue weighted by atomic mass is 10.0. The van der Waals surface area contributed by atoms with Gasteiger partial charge in [0.25, 0.3) is 5.91 Å². The summed E-state index contributed by atoms with van der Waals surface area (Å²) in [5, 5.41) is 14.7. The lowest BCUT2D eigenvalue weighted by Crippen LogP contribution is -2.59. The van der Waals surface area contributed by atoms with Gasteiger partial charge in [-0.25, -0.2) is 0 Å². The van der Waals surface area contributed by atoms with E-state index in [0.29, 0.717) is 15.7 Å². The number of amides is 1. The molecular weight excluding hydrogens is 417 g/mol. The molecule has 8 heteroatoms. The van der Waals surface area contributed by atoms with Gasteiger partial charge in [-0.15, -0.1) is 0 Å². The Hall–Kier alpha value is -2.89. The monoisotopic (exact) mass is 443 g/mol. The van der Waals surface area contributed by atoms with Crippen LogP contribution in [-0.2, 0) is 6.18 Å². The molecule has 0 spiro atoms. The standard InChI is InChI=1S/C24H25F3N4O/c1-16-3-2-12-31(16,20-10-11-29-15-20)19-8-9-22(21(13-19)24(25,26)27)30-23(32)18-6-4-17(14-28)5-7-18/h4-9,13,16,20,29H,2-3,10-12,15H2,1H3/p+1.